The van der Waals surface area contributed by atoms with Crippen molar-refractivity contribution in [2.24, 2.45) is 0 Å². The molecule has 0 fully saturated rings. The van der Waals surface area contributed by atoms with Gasteiger partial charge in [0, 0.05) is 13.5 Å². The van der Waals surface area contributed by atoms with Crippen LogP contribution in [-0.2, 0) is 11.2 Å². The molecule has 0 aliphatic heterocycles. The Labute approximate surface area is 98.4 Å². The third-order valence-corrected chi connectivity index (χ3v) is 2.63. The number of fused-ring (bicyclic) bond motifs is 1. The van der Waals surface area contributed by atoms with Gasteiger partial charge in [-0.05, 0) is 26.0 Å². The van der Waals surface area contributed by atoms with E-state index in [0.717, 1.165) is 5.82 Å². The van der Waals surface area contributed by atoms with E-state index in [4.69, 9.17) is 16.3 Å². The highest BCUT2D eigenvalue weighted by Gasteiger charge is 2.21. The minimum atomic E-state index is -0.299. The SMILES string of the molecule is COC(C)(C)Cc1nnc2ccc(Cl)nn12. The van der Waals surface area contributed by atoms with Gasteiger partial charge in [0.1, 0.15) is 5.15 Å². The van der Waals surface area contributed by atoms with Gasteiger partial charge in [0.05, 0.1) is 5.60 Å². The van der Waals surface area contributed by atoms with Gasteiger partial charge in [0.15, 0.2) is 11.5 Å². The van der Waals surface area contributed by atoms with Crippen molar-refractivity contribution in [1.82, 2.24) is 19.8 Å². The van der Waals surface area contributed by atoms with E-state index in [1.807, 2.05) is 13.8 Å². The monoisotopic (exact) mass is 240 g/mol. The molecule has 0 aromatic carbocycles. The number of methoxy groups -OCH3 is 1. The predicted molar refractivity (Wildman–Crippen MR) is 60.6 cm³/mol. The molecule has 0 amide bonds. The molecule has 6 heteroatoms. The molecule has 2 heterocycles. The lowest BCUT2D eigenvalue weighted by Crippen LogP contribution is -2.26. The topological polar surface area (TPSA) is 52.3 Å². The Hall–Kier alpha value is -1.20. The first-order valence-electron chi connectivity index (χ1n) is 4.94. The largest absolute Gasteiger partial charge is 0.378 e. The quantitative estimate of drug-likeness (QED) is 0.820. The number of hydrogen-bond acceptors (Lipinski definition) is 4. The van der Waals surface area contributed by atoms with Gasteiger partial charge in [-0.25, -0.2) is 0 Å². The molecule has 0 atom stereocenters. The predicted octanol–water partition coefficient (Wildman–Crippen LogP) is 1.75. The van der Waals surface area contributed by atoms with Crippen molar-refractivity contribution < 1.29 is 4.74 Å². The summed E-state index contributed by atoms with van der Waals surface area (Å²) in [6.45, 7) is 3.97. The lowest BCUT2D eigenvalue weighted by molar-refractivity contribution is 0.0212. The van der Waals surface area contributed by atoms with Gasteiger partial charge in [-0.3, -0.25) is 0 Å². The lowest BCUT2D eigenvalue weighted by atomic mass is 10.1. The van der Waals surface area contributed by atoms with Crippen LogP contribution in [0.5, 0.6) is 0 Å². The summed E-state index contributed by atoms with van der Waals surface area (Å²) < 4.78 is 6.99. The maximum atomic E-state index is 5.83. The molecule has 0 saturated carbocycles. The highest BCUT2D eigenvalue weighted by molar-refractivity contribution is 6.29. The molecule has 0 aliphatic rings. The summed E-state index contributed by atoms with van der Waals surface area (Å²) >= 11 is 5.83. The summed E-state index contributed by atoms with van der Waals surface area (Å²) in [5.41, 5.74) is 0.388. The average Bonchev–Trinajstić information content (AvgIpc) is 2.61. The molecule has 86 valence electrons. The smallest absolute Gasteiger partial charge is 0.178 e. The van der Waals surface area contributed by atoms with Crippen molar-refractivity contribution in [1.29, 1.82) is 0 Å². The van der Waals surface area contributed by atoms with Gasteiger partial charge in [0.25, 0.3) is 0 Å². The van der Waals surface area contributed by atoms with E-state index in [0.29, 0.717) is 17.2 Å². The van der Waals surface area contributed by atoms with Crippen molar-refractivity contribution in [3.63, 3.8) is 0 Å². The van der Waals surface area contributed by atoms with E-state index < -0.39 is 0 Å². The van der Waals surface area contributed by atoms with Crippen molar-refractivity contribution >= 4 is 17.2 Å². The third-order valence-electron chi connectivity index (χ3n) is 2.43. The molecular formula is C10H13ClN4O. The van der Waals surface area contributed by atoms with Crippen molar-refractivity contribution in [2.75, 3.05) is 7.11 Å². The molecule has 2 rings (SSSR count). The number of halogens is 1. The summed E-state index contributed by atoms with van der Waals surface area (Å²) in [5, 5.41) is 12.7. The molecule has 0 aliphatic carbocycles. The Kier molecular flexibility index (Phi) is 2.82. The molecule has 0 unspecified atom stereocenters. The zero-order valence-corrected chi connectivity index (χ0v) is 10.2. The average molecular weight is 241 g/mol. The van der Waals surface area contributed by atoms with Crippen LogP contribution < -0.4 is 0 Å². The third kappa shape index (κ3) is 2.15. The molecule has 16 heavy (non-hydrogen) atoms. The van der Waals surface area contributed by atoms with Gasteiger partial charge in [-0.15, -0.1) is 10.2 Å². The van der Waals surface area contributed by atoms with Crippen LogP contribution in [0.1, 0.15) is 19.7 Å². The van der Waals surface area contributed by atoms with E-state index in [2.05, 4.69) is 15.3 Å². The fourth-order valence-corrected chi connectivity index (χ4v) is 1.51. The Bertz CT molecular complexity index is 508. The minimum Gasteiger partial charge on any atom is -0.378 e. The first-order chi connectivity index (χ1) is 7.52. The van der Waals surface area contributed by atoms with Crippen LogP contribution in [0.3, 0.4) is 0 Å². The number of rotatable bonds is 3. The number of hydrogen-bond donors (Lipinski definition) is 0. The Morgan fingerprint density at radius 3 is 2.81 bits per heavy atom. The molecule has 0 saturated heterocycles. The van der Waals surface area contributed by atoms with Gasteiger partial charge in [-0.1, -0.05) is 11.6 Å². The molecule has 2 aromatic rings. The highest BCUT2D eigenvalue weighted by atomic mass is 35.5. The van der Waals surface area contributed by atoms with Crippen molar-refractivity contribution in [2.45, 2.75) is 25.9 Å². The Balaban J connectivity index is 2.41. The molecule has 2 aromatic heterocycles. The van der Waals surface area contributed by atoms with E-state index >= 15 is 0 Å². The van der Waals surface area contributed by atoms with Crippen LogP contribution in [0, 0.1) is 0 Å². The number of nitrogens with zero attached hydrogens (tertiary/aromatic N) is 4. The highest BCUT2D eigenvalue weighted by Crippen LogP contribution is 2.15. The number of aromatic nitrogens is 4. The first kappa shape index (κ1) is 11.3. The van der Waals surface area contributed by atoms with Crippen LogP contribution in [0.15, 0.2) is 12.1 Å². The maximum Gasteiger partial charge on any atom is 0.178 e. The minimum absolute atomic E-state index is 0.299. The van der Waals surface area contributed by atoms with Gasteiger partial charge in [-0.2, -0.15) is 9.61 Å². The second kappa shape index (κ2) is 3.99. The summed E-state index contributed by atoms with van der Waals surface area (Å²) in [5.74, 6) is 0.740. The normalized spacial score (nSPS) is 12.2. The fourth-order valence-electron chi connectivity index (χ4n) is 1.37. The maximum absolute atomic E-state index is 5.83. The van der Waals surface area contributed by atoms with Gasteiger partial charge in [0.2, 0.25) is 0 Å². The van der Waals surface area contributed by atoms with Crippen LogP contribution in [0.25, 0.3) is 5.65 Å². The van der Waals surface area contributed by atoms with Gasteiger partial charge >= 0.3 is 0 Å². The van der Waals surface area contributed by atoms with E-state index in [-0.39, 0.29) is 5.60 Å². The second-order valence-electron chi connectivity index (χ2n) is 4.18. The second-order valence-corrected chi connectivity index (χ2v) is 4.57. The van der Waals surface area contributed by atoms with Crippen LogP contribution in [-0.4, -0.2) is 32.5 Å². The zero-order chi connectivity index (χ0) is 11.8. The molecule has 0 radical (unpaired) electrons. The lowest BCUT2D eigenvalue weighted by Gasteiger charge is -2.21. The van der Waals surface area contributed by atoms with E-state index in [1.165, 1.54) is 0 Å². The van der Waals surface area contributed by atoms with Gasteiger partial charge < -0.3 is 4.74 Å². The van der Waals surface area contributed by atoms with Crippen LogP contribution in [0.4, 0.5) is 0 Å². The summed E-state index contributed by atoms with van der Waals surface area (Å²) in [6.07, 6.45) is 0.623. The van der Waals surface area contributed by atoms with Crippen LogP contribution >= 0.6 is 11.6 Å². The summed E-state index contributed by atoms with van der Waals surface area (Å²) in [4.78, 5) is 0. The zero-order valence-electron chi connectivity index (χ0n) is 9.44. The van der Waals surface area contributed by atoms with E-state index in [1.54, 1.807) is 23.8 Å². The fraction of sp³-hybridized carbons (Fsp3) is 0.500. The Morgan fingerprint density at radius 1 is 1.38 bits per heavy atom. The number of ether oxygens (including phenoxy) is 1. The first-order valence-corrected chi connectivity index (χ1v) is 5.32. The Morgan fingerprint density at radius 2 is 2.12 bits per heavy atom. The molecule has 5 nitrogen and oxygen atoms in total. The molecule has 0 N–H and O–H groups in total. The molecule has 0 spiro atoms. The standard InChI is InChI=1S/C10H13ClN4O/c1-10(2,16-3)6-9-13-12-8-5-4-7(11)14-15(8)9/h4-5H,6H2,1-3H3. The summed E-state index contributed by atoms with van der Waals surface area (Å²) in [6, 6.07) is 3.47. The molecular weight excluding hydrogens is 228 g/mol. The van der Waals surface area contributed by atoms with Crippen molar-refractivity contribution in [3.05, 3.63) is 23.1 Å². The van der Waals surface area contributed by atoms with Crippen LogP contribution in [0.2, 0.25) is 5.15 Å². The summed E-state index contributed by atoms with van der Waals surface area (Å²) in [7, 11) is 1.67. The molecule has 0 bridgehead atoms. The van der Waals surface area contributed by atoms with Crippen molar-refractivity contribution in [3.8, 4) is 0 Å². The van der Waals surface area contributed by atoms with E-state index in [9.17, 15) is 0 Å².